The van der Waals surface area contributed by atoms with E-state index in [2.05, 4.69) is 34.5 Å². The first-order chi connectivity index (χ1) is 36.9. The van der Waals surface area contributed by atoms with Gasteiger partial charge in [-0.05, 0) is 105 Å². The summed E-state index contributed by atoms with van der Waals surface area (Å²) in [6.07, 6.45) is -10.5. The summed E-state index contributed by atoms with van der Waals surface area (Å²) in [4.78, 5) is 33.4. The molecule has 7 N–H and O–H groups in total. The predicted octanol–water partition coefficient (Wildman–Crippen LogP) is 2.81. The third-order valence-corrected chi connectivity index (χ3v) is 16.9. The summed E-state index contributed by atoms with van der Waals surface area (Å²) < 4.78 is 67.2. The fourth-order valence-electron chi connectivity index (χ4n) is 9.67. The van der Waals surface area contributed by atoms with Crippen LogP contribution in [-0.2, 0) is 47.5 Å². The van der Waals surface area contributed by atoms with Crippen LogP contribution in [0.3, 0.4) is 0 Å². The van der Waals surface area contributed by atoms with E-state index >= 15 is 0 Å². The van der Waals surface area contributed by atoms with Crippen LogP contribution in [0.15, 0.2) is 34.8 Å². The predicted molar refractivity (Wildman–Crippen MR) is 292 cm³/mol. The smallest absolute Gasteiger partial charge is 0.229 e. The van der Waals surface area contributed by atoms with E-state index in [4.69, 9.17) is 56.9 Å². The van der Waals surface area contributed by atoms with Gasteiger partial charge in [0.2, 0.25) is 17.2 Å². The summed E-state index contributed by atoms with van der Waals surface area (Å²) in [6.45, 7) is 11.3. The molecule has 1 aliphatic carbocycles. The molecule has 19 atom stereocenters. The van der Waals surface area contributed by atoms with Gasteiger partial charge in [-0.2, -0.15) is 5.48 Å². The summed E-state index contributed by atoms with van der Waals surface area (Å²) in [5.74, 6) is 11.4. The molecule has 24 heteroatoms. The minimum absolute atomic E-state index is 0.0444. The van der Waals surface area contributed by atoms with Gasteiger partial charge in [-0.25, -0.2) is 0 Å². The van der Waals surface area contributed by atoms with Crippen molar-refractivity contribution in [3.63, 3.8) is 0 Å². The van der Waals surface area contributed by atoms with Crippen LogP contribution in [0.4, 0.5) is 0 Å². The lowest BCUT2D eigenvalue weighted by molar-refractivity contribution is -0.336. The van der Waals surface area contributed by atoms with Crippen LogP contribution in [0.2, 0.25) is 0 Å². The van der Waals surface area contributed by atoms with Gasteiger partial charge in [-0.1, -0.05) is 36.4 Å². The molecule has 5 aliphatic rings. The molecule has 4 saturated heterocycles. The number of aliphatic hydroxyl groups is 5. The number of ether oxygens (including phenoxy) is 11. The third kappa shape index (κ3) is 15.2. The number of likely N-dealkylation sites (N-methyl/N-ethyl adjacent to an activating group) is 1. The Morgan fingerprint density at radius 2 is 1.61 bits per heavy atom. The van der Waals surface area contributed by atoms with Crippen LogP contribution in [-0.4, -0.2) is 200 Å². The van der Waals surface area contributed by atoms with Gasteiger partial charge in [0, 0.05) is 39.1 Å². The quantitative estimate of drug-likeness (QED) is 0.0596. The zero-order valence-electron chi connectivity index (χ0n) is 45.0. The number of carbonyl (C=O) groups is 2. The zero-order valence-corrected chi connectivity index (χ0v) is 48.8. The molecule has 0 radical (unpaired) electrons. The van der Waals surface area contributed by atoms with Crippen molar-refractivity contribution >= 4 is 57.0 Å². The number of hydroxylamine groups is 1. The fourth-order valence-corrected chi connectivity index (χ4v) is 12.0. The molecule has 0 amide bonds. The molecule has 0 bridgehead atoms. The number of benzene rings is 1. The number of methoxy groups -OCH3 is 4. The Morgan fingerprint density at radius 1 is 0.896 bits per heavy atom. The van der Waals surface area contributed by atoms with Gasteiger partial charge in [-0.3, -0.25) is 14.4 Å². The second-order valence-corrected chi connectivity index (χ2v) is 21.7. The molecule has 0 spiro atoms. The first-order valence-corrected chi connectivity index (χ1v) is 28.5. The van der Waals surface area contributed by atoms with Crippen LogP contribution in [0.5, 0.6) is 17.2 Å². The molecule has 77 heavy (non-hydrogen) atoms. The molecule has 1 aromatic carbocycles. The zero-order chi connectivity index (χ0) is 56.2. The van der Waals surface area contributed by atoms with Gasteiger partial charge in [0.25, 0.3) is 0 Å². The van der Waals surface area contributed by atoms with Crippen molar-refractivity contribution in [1.82, 2.24) is 10.8 Å². The molecule has 0 aromatic heterocycles. The summed E-state index contributed by atoms with van der Waals surface area (Å²) >= 11 is 4.19. The molecule has 4 aliphatic heterocycles. The van der Waals surface area contributed by atoms with Gasteiger partial charge < -0.3 is 83.0 Å². The highest BCUT2D eigenvalue weighted by Crippen LogP contribution is 2.49. The Morgan fingerprint density at radius 3 is 2.26 bits per heavy atom. The van der Waals surface area contributed by atoms with Gasteiger partial charge in [0.15, 0.2) is 36.2 Å². The number of thioether (sulfide) groups is 2. The second-order valence-electron chi connectivity index (χ2n) is 18.8. The summed E-state index contributed by atoms with van der Waals surface area (Å²) in [5, 5.41) is 60.4. The van der Waals surface area contributed by atoms with E-state index in [0.29, 0.717) is 26.8 Å². The average molecular weight is 1230 g/mol. The van der Waals surface area contributed by atoms with Crippen molar-refractivity contribution in [2.75, 3.05) is 47.8 Å². The van der Waals surface area contributed by atoms with E-state index in [9.17, 15) is 35.1 Å². The summed E-state index contributed by atoms with van der Waals surface area (Å²) in [7, 11) is 5.70. The minimum atomic E-state index is -1.43. The lowest BCUT2D eigenvalue weighted by Crippen LogP contribution is -2.65. The van der Waals surface area contributed by atoms with Crippen molar-refractivity contribution in [3.8, 4) is 40.9 Å². The Bertz CT molecular complexity index is 2400. The molecule has 6 rings (SSSR count). The van der Waals surface area contributed by atoms with Crippen molar-refractivity contribution in [2.24, 2.45) is 0 Å². The number of carbonyl (C=O) groups excluding carboxylic acids is 2. The van der Waals surface area contributed by atoms with Crippen molar-refractivity contribution in [3.05, 3.63) is 49.5 Å². The Kier molecular flexibility index (Phi) is 24.4. The number of ketones is 1. The summed E-state index contributed by atoms with van der Waals surface area (Å²) in [6, 6.07) is -1.13. The molecule has 428 valence electrons. The highest BCUT2D eigenvalue weighted by Gasteiger charge is 2.50. The number of rotatable bonds is 19. The van der Waals surface area contributed by atoms with Crippen molar-refractivity contribution < 1.29 is 92.1 Å². The van der Waals surface area contributed by atoms with Crippen LogP contribution in [0.25, 0.3) is 0 Å². The molecular formula is C53H73IN2O19S2. The number of hydrogen-bond donors (Lipinski definition) is 7. The first-order valence-electron chi connectivity index (χ1n) is 25.2. The average Bonchev–Trinajstić information content (AvgIpc) is 3.39. The SMILES string of the molecule is CC#C/C=C\C#C[C@H](OC1OC(C)C(NOC2CC(O)C(SC(=O)c3c(C)c(I)c(OC4OC(C)C(O)C(OC)C4O)c(OC)c3OC)C(C)O2)C(O)C1OC1CC(OC)C(NCC)CO1)C1=CC(=O)C[C@H](O)C1=CSC. The third-order valence-electron chi connectivity index (χ3n) is 13.7. The Hall–Kier alpha value is -2.91. The monoisotopic (exact) mass is 1230 g/mol. The number of halogens is 1. The van der Waals surface area contributed by atoms with Gasteiger partial charge in [0.05, 0.1) is 83.9 Å². The lowest BCUT2D eigenvalue weighted by atomic mass is 9.88. The minimum Gasteiger partial charge on any atom is -0.492 e. The van der Waals surface area contributed by atoms with Crippen LogP contribution >= 0.6 is 46.1 Å². The number of allylic oxidation sites excluding steroid dienone is 3. The molecule has 17 unspecified atom stereocenters. The molecule has 21 nitrogen and oxygen atoms in total. The maximum absolute atomic E-state index is 14.4. The number of nitrogens with one attached hydrogen (secondary N) is 2. The molecule has 4 heterocycles. The lowest BCUT2D eigenvalue weighted by Gasteiger charge is -2.46. The van der Waals surface area contributed by atoms with Gasteiger partial charge in [0.1, 0.15) is 36.6 Å². The standard InChI is InChI=1S/C53H73IN2O19S2/c1-12-14-15-16-17-18-35(30-19-29(57)20-33(58)31(30)24-76-11)72-53-48(73-37-22-36(64-7)32(23-68-37)55-13-2)43(61)41(26(4)70-53)56-75-38-21-34(59)50(28(6)69-38)77-51(63)39-25(3)40(54)46(49(67-10)45(39)65-8)74-52-44(62)47(66-9)42(60)27(5)71-52/h15-16,19,24,26-28,32-38,41-44,47-48,50,52-53,55-56,58-62H,13,20-23H2,1-11H3/b16-15-,31-24?/t26?,27?,28?,32?,33-,34?,35-,36?,37?,38?,41?,42?,43?,44?,47?,48?,50?,52?,53?/m0/s1. The largest absolute Gasteiger partial charge is 0.492 e. The van der Waals surface area contributed by atoms with Crippen molar-refractivity contribution in [1.29, 1.82) is 0 Å². The first kappa shape index (κ1) is 63.3. The molecule has 4 fully saturated rings. The van der Waals surface area contributed by atoms with Crippen molar-refractivity contribution in [2.45, 2.75) is 177 Å². The van der Waals surface area contributed by atoms with Crippen LogP contribution in [0.1, 0.15) is 69.8 Å². The Balaban J connectivity index is 1.19. The van der Waals surface area contributed by atoms with E-state index in [-0.39, 0.29) is 66.6 Å². The number of hydrogen-bond acceptors (Lipinski definition) is 23. The Labute approximate surface area is 472 Å². The number of aliphatic hydroxyl groups excluding tert-OH is 5. The molecular weight excluding hydrogens is 1160 g/mol. The van der Waals surface area contributed by atoms with E-state index in [1.54, 1.807) is 53.2 Å². The molecule has 1 aromatic rings. The second kappa shape index (κ2) is 29.7. The van der Waals surface area contributed by atoms with Crippen LogP contribution < -0.4 is 25.0 Å². The highest BCUT2D eigenvalue weighted by molar-refractivity contribution is 14.1. The van der Waals surface area contributed by atoms with Crippen LogP contribution in [0, 0.1) is 34.2 Å². The van der Waals surface area contributed by atoms with E-state index < -0.39 is 109 Å². The highest BCUT2D eigenvalue weighted by atomic mass is 127. The maximum atomic E-state index is 14.4. The molecule has 0 saturated carbocycles. The van der Waals surface area contributed by atoms with E-state index in [0.717, 1.165) is 11.8 Å². The topological polar surface area (TPSA) is 270 Å². The van der Waals surface area contributed by atoms with Gasteiger partial charge >= 0.3 is 0 Å². The summed E-state index contributed by atoms with van der Waals surface area (Å²) in [5.41, 5.74) is 4.28. The van der Waals surface area contributed by atoms with Gasteiger partial charge in [-0.15, -0.1) is 17.7 Å². The normalized spacial score (nSPS) is 35.6. The maximum Gasteiger partial charge on any atom is 0.229 e. The van der Waals surface area contributed by atoms with E-state index in [1.807, 2.05) is 35.8 Å². The van der Waals surface area contributed by atoms with E-state index in [1.165, 1.54) is 45.2 Å². The fraction of sp³-hybridized carbons (Fsp3) is 0.660.